The van der Waals surface area contributed by atoms with Crippen molar-refractivity contribution in [1.29, 1.82) is 0 Å². The van der Waals surface area contributed by atoms with Crippen molar-refractivity contribution in [1.82, 2.24) is 4.90 Å². The minimum absolute atomic E-state index is 0.0636. The second kappa shape index (κ2) is 4.52. The summed E-state index contributed by atoms with van der Waals surface area (Å²) in [7, 11) is 3.74. The number of hydrogen-bond acceptors (Lipinski definition) is 5. The van der Waals surface area contributed by atoms with Crippen molar-refractivity contribution >= 4 is 5.78 Å². The van der Waals surface area contributed by atoms with Crippen LogP contribution < -0.4 is 9.47 Å². The van der Waals surface area contributed by atoms with E-state index in [-0.39, 0.29) is 17.7 Å². The predicted molar refractivity (Wildman–Crippen MR) is 87.6 cm³/mol. The highest BCUT2D eigenvalue weighted by atomic mass is 16.5. The molecule has 128 valence electrons. The number of nitrogens with zero attached hydrogens (tertiary/aromatic N) is 1. The van der Waals surface area contributed by atoms with E-state index in [1.54, 1.807) is 7.11 Å². The summed E-state index contributed by atoms with van der Waals surface area (Å²) < 4.78 is 11.6. The number of carbonyl (C=O) groups is 1. The van der Waals surface area contributed by atoms with Crippen LogP contribution in [-0.4, -0.2) is 54.7 Å². The quantitative estimate of drug-likeness (QED) is 0.841. The molecule has 1 aromatic rings. The molecule has 2 unspecified atom stereocenters. The van der Waals surface area contributed by atoms with E-state index in [1.807, 2.05) is 6.07 Å². The molecule has 5 heteroatoms. The molecular weight excluding hydrogens is 306 g/mol. The monoisotopic (exact) mass is 329 g/mol. The molecule has 1 aromatic carbocycles. The summed E-state index contributed by atoms with van der Waals surface area (Å²) in [6, 6.07) is 4.11. The highest BCUT2D eigenvalue weighted by Gasteiger charge is 2.70. The number of likely N-dealkylation sites (tertiary alicyclic amines) is 1. The number of rotatable bonds is 1. The number of carbonyl (C=O) groups excluding carboxylic acids is 1. The zero-order chi connectivity index (χ0) is 16.7. The first kappa shape index (κ1) is 14.7. The molecule has 5 nitrogen and oxygen atoms in total. The van der Waals surface area contributed by atoms with E-state index < -0.39 is 11.0 Å². The minimum atomic E-state index is -0.865. The van der Waals surface area contributed by atoms with Gasteiger partial charge in [0.2, 0.25) is 0 Å². The Labute approximate surface area is 141 Å². The fourth-order valence-corrected chi connectivity index (χ4v) is 6.03. The van der Waals surface area contributed by atoms with Crippen LogP contribution >= 0.6 is 0 Å². The number of Topliss-reactive ketones (excluding diaryl/α,β-unsaturated/α-hetero) is 1. The number of benzene rings is 1. The topological polar surface area (TPSA) is 59.0 Å². The van der Waals surface area contributed by atoms with Gasteiger partial charge in [-0.15, -0.1) is 0 Å². The normalized spacial score (nSPS) is 39.9. The molecule has 1 saturated carbocycles. The Balaban J connectivity index is 1.86. The third-order valence-electron chi connectivity index (χ3n) is 7.13. The second-order valence-corrected chi connectivity index (χ2v) is 7.81. The van der Waals surface area contributed by atoms with Gasteiger partial charge in [-0.05, 0) is 44.5 Å². The fourth-order valence-electron chi connectivity index (χ4n) is 6.03. The number of hydrogen-bond donors (Lipinski definition) is 1. The van der Waals surface area contributed by atoms with E-state index in [0.717, 1.165) is 30.7 Å². The first-order valence-electron chi connectivity index (χ1n) is 8.81. The lowest BCUT2D eigenvalue weighted by atomic mass is 9.45. The van der Waals surface area contributed by atoms with Crippen molar-refractivity contribution in [2.24, 2.45) is 5.92 Å². The first-order chi connectivity index (χ1) is 11.5. The molecule has 2 fully saturated rings. The van der Waals surface area contributed by atoms with Crippen molar-refractivity contribution in [2.75, 3.05) is 27.3 Å². The average molecular weight is 329 g/mol. The van der Waals surface area contributed by atoms with Gasteiger partial charge in [-0.3, -0.25) is 4.79 Å². The van der Waals surface area contributed by atoms with Crippen LogP contribution in [0.1, 0.15) is 30.4 Å². The van der Waals surface area contributed by atoms with Crippen molar-refractivity contribution in [3.63, 3.8) is 0 Å². The van der Waals surface area contributed by atoms with Crippen LogP contribution in [0.25, 0.3) is 0 Å². The number of likely N-dealkylation sites (N-methyl/N-ethyl adjacent to an activating group) is 1. The Morgan fingerprint density at radius 3 is 3.00 bits per heavy atom. The van der Waals surface area contributed by atoms with Gasteiger partial charge in [0.05, 0.1) is 25.2 Å². The molecule has 0 amide bonds. The van der Waals surface area contributed by atoms with Crippen LogP contribution in [0.4, 0.5) is 0 Å². The van der Waals surface area contributed by atoms with E-state index in [2.05, 4.69) is 18.0 Å². The van der Waals surface area contributed by atoms with E-state index in [1.165, 1.54) is 5.56 Å². The average Bonchev–Trinajstić information content (AvgIpc) is 2.58. The molecule has 1 spiro atoms. The Morgan fingerprint density at radius 1 is 1.38 bits per heavy atom. The Hall–Kier alpha value is -1.59. The molecule has 2 aliphatic carbocycles. The summed E-state index contributed by atoms with van der Waals surface area (Å²) in [4.78, 5) is 15.0. The molecule has 2 bridgehead atoms. The number of ketones is 1. The SMILES string of the molecule is COc1ccc2c3c1OC[C@H]1C(=O)CC[C@@]4(O)C(C2)N(C)CCC314. The smallest absolute Gasteiger partial charge is 0.165 e. The van der Waals surface area contributed by atoms with Gasteiger partial charge in [-0.1, -0.05) is 6.07 Å². The zero-order valence-corrected chi connectivity index (χ0v) is 14.2. The van der Waals surface area contributed by atoms with Gasteiger partial charge in [-0.25, -0.2) is 0 Å². The summed E-state index contributed by atoms with van der Waals surface area (Å²) in [5.41, 5.74) is 0.871. The van der Waals surface area contributed by atoms with E-state index in [0.29, 0.717) is 25.2 Å². The number of piperidine rings is 1. The van der Waals surface area contributed by atoms with Crippen LogP contribution in [0.15, 0.2) is 12.1 Å². The highest BCUT2D eigenvalue weighted by molar-refractivity contribution is 5.86. The summed E-state index contributed by atoms with van der Waals surface area (Å²) in [5, 5.41) is 11.9. The van der Waals surface area contributed by atoms with Gasteiger partial charge in [0.1, 0.15) is 5.78 Å². The van der Waals surface area contributed by atoms with Crippen LogP contribution in [0.2, 0.25) is 0 Å². The molecule has 0 radical (unpaired) electrons. The van der Waals surface area contributed by atoms with Crippen molar-refractivity contribution in [3.8, 4) is 11.5 Å². The van der Waals surface area contributed by atoms with Crippen LogP contribution in [0.3, 0.4) is 0 Å². The third-order valence-corrected chi connectivity index (χ3v) is 7.13. The van der Waals surface area contributed by atoms with Crippen LogP contribution in [-0.2, 0) is 16.6 Å². The second-order valence-electron chi connectivity index (χ2n) is 7.81. The minimum Gasteiger partial charge on any atom is -0.493 e. The van der Waals surface area contributed by atoms with Crippen molar-refractivity contribution < 1.29 is 19.4 Å². The fraction of sp³-hybridized carbons (Fsp3) is 0.632. The molecule has 1 saturated heterocycles. The Morgan fingerprint density at radius 2 is 2.21 bits per heavy atom. The maximum absolute atomic E-state index is 12.8. The Bertz CT molecular complexity index is 747. The van der Waals surface area contributed by atoms with Gasteiger partial charge in [-0.2, -0.15) is 0 Å². The maximum Gasteiger partial charge on any atom is 0.165 e. The lowest BCUT2D eigenvalue weighted by molar-refractivity contribution is -0.192. The third kappa shape index (κ3) is 1.43. The lowest BCUT2D eigenvalue weighted by Crippen LogP contribution is -2.76. The molecule has 1 N–H and O–H groups in total. The molecule has 2 heterocycles. The summed E-state index contributed by atoms with van der Waals surface area (Å²) >= 11 is 0. The van der Waals surface area contributed by atoms with E-state index in [9.17, 15) is 9.90 Å². The standard InChI is InChI=1S/C19H23NO4/c1-20-8-7-18-12-10-24-17-14(23-2)4-3-11(16(17)18)9-15(20)19(18,22)6-5-13(12)21/h3-4,12,15,22H,5-10H2,1-2H3/t12-,15?,18?,19+/m0/s1. The number of aliphatic hydroxyl groups is 1. The first-order valence-corrected chi connectivity index (χ1v) is 8.81. The zero-order valence-electron chi connectivity index (χ0n) is 14.2. The summed E-state index contributed by atoms with van der Waals surface area (Å²) in [6.45, 7) is 1.25. The number of ether oxygens (including phenoxy) is 2. The van der Waals surface area contributed by atoms with Gasteiger partial charge in [0.25, 0.3) is 0 Å². The summed E-state index contributed by atoms with van der Waals surface area (Å²) in [6.07, 6.45) is 2.59. The van der Waals surface area contributed by atoms with E-state index >= 15 is 0 Å². The van der Waals surface area contributed by atoms with Gasteiger partial charge < -0.3 is 19.5 Å². The highest BCUT2D eigenvalue weighted by Crippen LogP contribution is 2.64. The number of methoxy groups -OCH3 is 1. The largest absolute Gasteiger partial charge is 0.493 e. The van der Waals surface area contributed by atoms with Crippen molar-refractivity contribution in [2.45, 2.75) is 42.7 Å². The molecule has 2 aliphatic heterocycles. The van der Waals surface area contributed by atoms with Gasteiger partial charge >= 0.3 is 0 Å². The van der Waals surface area contributed by atoms with Crippen LogP contribution in [0.5, 0.6) is 11.5 Å². The molecule has 0 aromatic heterocycles. The Kier molecular flexibility index (Phi) is 2.78. The van der Waals surface area contributed by atoms with Crippen molar-refractivity contribution in [3.05, 3.63) is 23.3 Å². The predicted octanol–water partition coefficient (Wildman–Crippen LogP) is 1.30. The molecule has 4 atom stereocenters. The molecular formula is C19H23NO4. The molecule has 5 rings (SSSR count). The van der Waals surface area contributed by atoms with Gasteiger partial charge in [0.15, 0.2) is 11.5 Å². The van der Waals surface area contributed by atoms with Gasteiger partial charge in [0, 0.05) is 23.4 Å². The summed E-state index contributed by atoms with van der Waals surface area (Å²) in [5.74, 6) is 1.46. The van der Waals surface area contributed by atoms with E-state index in [4.69, 9.17) is 9.47 Å². The molecule has 4 aliphatic rings. The molecule has 24 heavy (non-hydrogen) atoms. The van der Waals surface area contributed by atoms with Crippen LogP contribution in [0, 0.1) is 5.92 Å². The lowest BCUT2D eigenvalue weighted by Gasteiger charge is -2.66. The maximum atomic E-state index is 12.8.